The van der Waals surface area contributed by atoms with Crippen molar-refractivity contribution < 1.29 is 4.74 Å². The Kier molecular flexibility index (Phi) is 7.55. The summed E-state index contributed by atoms with van der Waals surface area (Å²) in [6.07, 6.45) is 0.907. The lowest BCUT2D eigenvalue weighted by atomic mass is 10.2. The lowest BCUT2D eigenvalue weighted by molar-refractivity contribution is 0.311. The Bertz CT molecular complexity index is 625. The number of aliphatic imine (C=N–C) groups is 1. The summed E-state index contributed by atoms with van der Waals surface area (Å²) in [5, 5.41) is 9.79. The van der Waals surface area contributed by atoms with Crippen molar-refractivity contribution in [3.05, 3.63) is 46.4 Å². The van der Waals surface area contributed by atoms with E-state index in [0.717, 1.165) is 35.4 Å². The Labute approximate surface area is 148 Å². The molecule has 6 heteroatoms. The van der Waals surface area contributed by atoms with Gasteiger partial charge in [-0.3, -0.25) is 4.99 Å². The minimum absolute atomic E-state index is 0.469. The third kappa shape index (κ3) is 6.20. The second-order valence-corrected chi connectivity index (χ2v) is 6.63. The summed E-state index contributed by atoms with van der Waals surface area (Å²) in [5.41, 5.74) is 1.15. The Morgan fingerprint density at radius 1 is 1.25 bits per heavy atom. The molecule has 0 amide bonds. The smallest absolute Gasteiger partial charge is 0.191 e. The van der Waals surface area contributed by atoms with Gasteiger partial charge in [0, 0.05) is 19.0 Å². The van der Waals surface area contributed by atoms with Gasteiger partial charge >= 0.3 is 0 Å². The summed E-state index contributed by atoms with van der Waals surface area (Å²) in [4.78, 5) is 8.84. The number of benzene rings is 1. The van der Waals surface area contributed by atoms with Gasteiger partial charge in [0.15, 0.2) is 5.96 Å². The standard InChI is InChI=1S/C18H26N4OS/c1-14(2)16-13-24-17(22-16)12-21-18(19-3)20-10-7-11-23-15-8-5-4-6-9-15/h4-6,8-9,13-14H,7,10-12H2,1-3H3,(H2,19,20,21). The van der Waals surface area contributed by atoms with Gasteiger partial charge in [0.05, 0.1) is 18.8 Å². The van der Waals surface area contributed by atoms with Crippen molar-refractivity contribution in [2.75, 3.05) is 20.2 Å². The highest BCUT2D eigenvalue weighted by molar-refractivity contribution is 7.09. The zero-order chi connectivity index (χ0) is 17.2. The second-order valence-electron chi connectivity index (χ2n) is 5.69. The molecule has 1 heterocycles. The highest BCUT2D eigenvalue weighted by Crippen LogP contribution is 2.17. The Morgan fingerprint density at radius 3 is 2.71 bits per heavy atom. The van der Waals surface area contributed by atoms with Crippen LogP contribution >= 0.6 is 11.3 Å². The zero-order valence-electron chi connectivity index (χ0n) is 14.6. The van der Waals surface area contributed by atoms with Crippen LogP contribution in [0.2, 0.25) is 0 Å². The molecule has 1 aromatic heterocycles. The maximum atomic E-state index is 5.67. The van der Waals surface area contributed by atoms with Crippen LogP contribution in [0, 0.1) is 0 Å². The molecule has 2 N–H and O–H groups in total. The highest BCUT2D eigenvalue weighted by atomic mass is 32.1. The van der Waals surface area contributed by atoms with Crippen LogP contribution in [-0.4, -0.2) is 31.1 Å². The number of aromatic nitrogens is 1. The van der Waals surface area contributed by atoms with Crippen LogP contribution in [0.5, 0.6) is 5.75 Å². The minimum Gasteiger partial charge on any atom is -0.494 e. The van der Waals surface area contributed by atoms with Crippen molar-refractivity contribution in [3.63, 3.8) is 0 Å². The molecule has 5 nitrogen and oxygen atoms in total. The summed E-state index contributed by atoms with van der Waals surface area (Å²) in [6.45, 7) is 6.49. The fourth-order valence-electron chi connectivity index (χ4n) is 2.04. The van der Waals surface area contributed by atoms with Gasteiger partial charge in [-0.25, -0.2) is 4.98 Å². The van der Waals surface area contributed by atoms with Crippen molar-refractivity contribution >= 4 is 17.3 Å². The summed E-state index contributed by atoms with van der Waals surface area (Å²) in [7, 11) is 1.77. The summed E-state index contributed by atoms with van der Waals surface area (Å²) >= 11 is 1.68. The van der Waals surface area contributed by atoms with Gasteiger partial charge in [-0.05, 0) is 24.5 Å². The first-order chi connectivity index (χ1) is 11.7. The molecule has 24 heavy (non-hydrogen) atoms. The van der Waals surface area contributed by atoms with Crippen molar-refractivity contribution in [1.29, 1.82) is 0 Å². The van der Waals surface area contributed by atoms with Crippen LogP contribution in [0.1, 0.15) is 36.9 Å². The number of hydrogen-bond donors (Lipinski definition) is 2. The van der Waals surface area contributed by atoms with Gasteiger partial charge in [0.25, 0.3) is 0 Å². The highest BCUT2D eigenvalue weighted by Gasteiger charge is 2.06. The van der Waals surface area contributed by atoms with E-state index >= 15 is 0 Å². The molecule has 0 saturated carbocycles. The third-order valence-electron chi connectivity index (χ3n) is 3.42. The number of guanidine groups is 1. The molecule has 0 fully saturated rings. The quantitative estimate of drug-likeness (QED) is 0.437. The molecular weight excluding hydrogens is 320 g/mol. The number of rotatable bonds is 8. The van der Waals surface area contributed by atoms with Crippen molar-refractivity contribution in [1.82, 2.24) is 15.6 Å². The first-order valence-electron chi connectivity index (χ1n) is 8.25. The molecule has 0 spiro atoms. The number of nitrogens with one attached hydrogen (secondary N) is 2. The lowest BCUT2D eigenvalue weighted by Gasteiger charge is -2.11. The lowest BCUT2D eigenvalue weighted by Crippen LogP contribution is -2.37. The van der Waals surface area contributed by atoms with Gasteiger partial charge in [-0.1, -0.05) is 32.0 Å². The maximum absolute atomic E-state index is 5.67. The van der Waals surface area contributed by atoms with Crippen LogP contribution < -0.4 is 15.4 Å². The van der Waals surface area contributed by atoms with Crippen LogP contribution in [0.4, 0.5) is 0 Å². The molecule has 0 aliphatic rings. The van der Waals surface area contributed by atoms with Crippen LogP contribution in [0.3, 0.4) is 0 Å². The van der Waals surface area contributed by atoms with E-state index in [0.29, 0.717) is 19.1 Å². The molecule has 2 aromatic rings. The monoisotopic (exact) mass is 346 g/mol. The van der Waals surface area contributed by atoms with E-state index in [-0.39, 0.29) is 0 Å². The predicted octanol–water partition coefficient (Wildman–Crippen LogP) is 3.40. The fourth-order valence-corrected chi connectivity index (χ4v) is 2.93. The van der Waals surface area contributed by atoms with E-state index in [9.17, 15) is 0 Å². The number of para-hydroxylation sites is 1. The number of nitrogens with zero attached hydrogens (tertiary/aromatic N) is 2. The first kappa shape index (κ1) is 18.3. The maximum Gasteiger partial charge on any atom is 0.191 e. The van der Waals surface area contributed by atoms with Gasteiger partial charge in [0.2, 0.25) is 0 Å². The molecule has 0 aliphatic carbocycles. The van der Waals surface area contributed by atoms with Gasteiger partial charge in [0.1, 0.15) is 10.8 Å². The molecule has 2 rings (SSSR count). The van der Waals surface area contributed by atoms with Crippen molar-refractivity contribution in [2.45, 2.75) is 32.7 Å². The Hall–Kier alpha value is -2.08. The minimum atomic E-state index is 0.469. The van der Waals surface area contributed by atoms with Gasteiger partial charge in [-0.2, -0.15) is 0 Å². The van der Waals surface area contributed by atoms with Crippen LogP contribution in [-0.2, 0) is 6.54 Å². The first-order valence-corrected chi connectivity index (χ1v) is 9.13. The second kappa shape index (κ2) is 9.93. The normalized spacial score (nSPS) is 11.6. The molecule has 0 radical (unpaired) electrons. The topological polar surface area (TPSA) is 58.5 Å². The van der Waals surface area contributed by atoms with E-state index in [1.807, 2.05) is 30.3 Å². The van der Waals surface area contributed by atoms with E-state index in [1.165, 1.54) is 0 Å². The molecule has 0 bridgehead atoms. The van der Waals surface area contributed by atoms with Crippen molar-refractivity contribution in [3.8, 4) is 5.75 Å². The van der Waals surface area contributed by atoms with E-state index in [2.05, 4.69) is 39.8 Å². The van der Waals surface area contributed by atoms with E-state index in [1.54, 1.807) is 18.4 Å². The summed E-state index contributed by atoms with van der Waals surface area (Å²) in [5.74, 6) is 2.16. The Morgan fingerprint density at radius 2 is 2.04 bits per heavy atom. The molecule has 130 valence electrons. The third-order valence-corrected chi connectivity index (χ3v) is 4.28. The molecular formula is C18H26N4OS. The SMILES string of the molecule is CN=C(NCCCOc1ccccc1)NCc1nc(C(C)C)cs1. The zero-order valence-corrected chi connectivity index (χ0v) is 15.4. The van der Waals surface area contributed by atoms with Crippen LogP contribution in [0.15, 0.2) is 40.7 Å². The predicted molar refractivity (Wildman–Crippen MR) is 101 cm³/mol. The van der Waals surface area contributed by atoms with E-state index in [4.69, 9.17) is 4.74 Å². The molecule has 0 unspecified atom stereocenters. The molecule has 1 aromatic carbocycles. The average Bonchev–Trinajstić information content (AvgIpc) is 3.07. The van der Waals surface area contributed by atoms with Gasteiger partial charge in [-0.15, -0.1) is 11.3 Å². The number of thiazole rings is 1. The van der Waals surface area contributed by atoms with Crippen LogP contribution in [0.25, 0.3) is 0 Å². The van der Waals surface area contributed by atoms with E-state index < -0.39 is 0 Å². The molecule has 0 aliphatic heterocycles. The molecule has 0 saturated heterocycles. The van der Waals surface area contributed by atoms with Gasteiger partial charge < -0.3 is 15.4 Å². The Balaban J connectivity index is 1.63. The van der Waals surface area contributed by atoms with Crippen molar-refractivity contribution in [2.24, 2.45) is 4.99 Å². The summed E-state index contributed by atoms with van der Waals surface area (Å²) in [6, 6.07) is 9.86. The number of ether oxygens (including phenoxy) is 1. The fraction of sp³-hybridized carbons (Fsp3) is 0.444. The largest absolute Gasteiger partial charge is 0.494 e. The molecule has 0 atom stereocenters. The average molecular weight is 347 g/mol. The summed E-state index contributed by atoms with van der Waals surface area (Å²) < 4.78 is 5.67. The number of hydrogen-bond acceptors (Lipinski definition) is 4.